The first-order valence-electron chi connectivity index (χ1n) is 7.43. The third kappa shape index (κ3) is 3.64. The molecule has 0 amide bonds. The van der Waals surface area contributed by atoms with Crippen molar-refractivity contribution in [1.29, 1.82) is 0 Å². The van der Waals surface area contributed by atoms with Crippen molar-refractivity contribution in [3.63, 3.8) is 0 Å². The van der Waals surface area contributed by atoms with Gasteiger partial charge in [0.05, 0.1) is 7.11 Å². The van der Waals surface area contributed by atoms with Crippen LogP contribution in [0.25, 0.3) is 0 Å². The second-order valence-electron chi connectivity index (χ2n) is 5.70. The molecule has 0 bridgehead atoms. The zero-order valence-electron chi connectivity index (χ0n) is 13.7. The predicted molar refractivity (Wildman–Crippen MR) is 89.2 cm³/mol. The lowest BCUT2D eigenvalue weighted by Crippen LogP contribution is -2.19. The fourth-order valence-electron chi connectivity index (χ4n) is 2.98. The summed E-state index contributed by atoms with van der Waals surface area (Å²) in [5, 5.41) is 3.43. The SMILES string of the molecule is CNC(Cc1c(C)cc(C)cc1C)c1cccc(OC)c1. The van der Waals surface area contributed by atoms with E-state index in [1.54, 1.807) is 7.11 Å². The minimum Gasteiger partial charge on any atom is -0.497 e. The molecule has 0 fully saturated rings. The van der Waals surface area contributed by atoms with Gasteiger partial charge < -0.3 is 10.1 Å². The van der Waals surface area contributed by atoms with Gasteiger partial charge in [-0.2, -0.15) is 0 Å². The van der Waals surface area contributed by atoms with Gasteiger partial charge in [-0.05, 0) is 68.6 Å². The van der Waals surface area contributed by atoms with E-state index >= 15 is 0 Å². The van der Waals surface area contributed by atoms with Crippen molar-refractivity contribution in [1.82, 2.24) is 5.32 Å². The quantitative estimate of drug-likeness (QED) is 0.891. The van der Waals surface area contributed by atoms with Gasteiger partial charge in [0.25, 0.3) is 0 Å². The van der Waals surface area contributed by atoms with Crippen molar-refractivity contribution >= 4 is 0 Å². The van der Waals surface area contributed by atoms with Gasteiger partial charge >= 0.3 is 0 Å². The molecule has 112 valence electrons. The van der Waals surface area contributed by atoms with Crippen LogP contribution in [0.2, 0.25) is 0 Å². The average molecular weight is 283 g/mol. The van der Waals surface area contributed by atoms with Crippen molar-refractivity contribution in [3.05, 3.63) is 64.2 Å². The molecule has 2 heteroatoms. The molecule has 0 saturated carbocycles. The monoisotopic (exact) mass is 283 g/mol. The number of benzene rings is 2. The Morgan fingerprint density at radius 1 is 1.05 bits per heavy atom. The highest BCUT2D eigenvalue weighted by Crippen LogP contribution is 2.26. The number of rotatable bonds is 5. The van der Waals surface area contributed by atoms with Crippen LogP contribution in [-0.4, -0.2) is 14.2 Å². The molecule has 2 rings (SSSR count). The van der Waals surface area contributed by atoms with E-state index in [9.17, 15) is 0 Å². The van der Waals surface area contributed by atoms with Gasteiger partial charge in [0.15, 0.2) is 0 Å². The van der Waals surface area contributed by atoms with Crippen LogP contribution in [0.15, 0.2) is 36.4 Å². The molecule has 0 aromatic heterocycles. The molecular weight excluding hydrogens is 258 g/mol. The number of hydrogen-bond donors (Lipinski definition) is 1. The Morgan fingerprint density at radius 3 is 2.29 bits per heavy atom. The van der Waals surface area contributed by atoms with E-state index < -0.39 is 0 Å². The van der Waals surface area contributed by atoms with Crippen LogP contribution in [0.5, 0.6) is 5.75 Å². The lowest BCUT2D eigenvalue weighted by molar-refractivity contribution is 0.413. The zero-order chi connectivity index (χ0) is 15.4. The minimum absolute atomic E-state index is 0.292. The van der Waals surface area contributed by atoms with Gasteiger partial charge in [0, 0.05) is 6.04 Å². The summed E-state index contributed by atoms with van der Waals surface area (Å²) in [6.07, 6.45) is 0.988. The molecule has 0 aliphatic rings. The highest BCUT2D eigenvalue weighted by Gasteiger charge is 2.14. The molecule has 0 aliphatic heterocycles. The zero-order valence-corrected chi connectivity index (χ0v) is 13.7. The van der Waals surface area contributed by atoms with E-state index in [2.05, 4.69) is 50.4 Å². The van der Waals surface area contributed by atoms with Crippen molar-refractivity contribution in [2.45, 2.75) is 33.2 Å². The third-order valence-corrected chi connectivity index (χ3v) is 4.09. The lowest BCUT2D eigenvalue weighted by atomic mass is 9.91. The molecule has 1 atom stereocenters. The van der Waals surface area contributed by atoms with Gasteiger partial charge in [-0.3, -0.25) is 0 Å². The van der Waals surface area contributed by atoms with Crippen molar-refractivity contribution in [2.24, 2.45) is 0 Å². The highest BCUT2D eigenvalue weighted by molar-refractivity contribution is 5.39. The summed E-state index contributed by atoms with van der Waals surface area (Å²) in [7, 11) is 3.73. The Kier molecular flexibility index (Phi) is 5.03. The molecule has 0 saturated heterocycles. The van der Waals surface area contributed by atoms with Crippen LogP contribution in [0.4, 0.5) is 0 Å². The summed E-state index contributed by atoms with van der Waals surface area (Å²) in [6, 6.07) is 13.1. The van der Waals surface area contributed by atoms with Crippen molar-refractivity contribution in [3.8, 4) is 5.75 Å². The highest BCUT2D eigenvalue weighted by atomic mass is 16.5. The molecule has 2 nitrogen and oxygen atoms in total. The minimum atomic E-state index is 0.292. The smallest absolute Gasteiger partial charge is 0.119 e. The second-order valence-corrected chi connectivity index (χ2v) is 5.70. The Labute approximate surface area is 128 Å². The molecule has 2 aromatic rings. The molecule has 2 aromatic carbocycles. The van der Waals surface area contributed by atoms with Crippen molar-refractivity contribution < 1.29 is 4.74 Å². The lowest BCUT2D eigenvalue weighted by Gasteiger charge is -2.20. The third-order valence-electron chi connectivity index (χ3n) is 4.09. The maximum atomic E-state index is 5.34. The number of likely N-dealkylation sites (N-methyl/N-ethyl adjacent to an activating group) is 1. The maximum absolute atomic E-state index is 5.34. The molecule has 0 spiro atoms. The summed E-state index contributed by atoms with van der Waals surface area (Å²) in [5.74, 6) is 0.908. The van der Waals surface area contributed by atoms with Crippen LogP contribution >= 0.6 is 0 Å². The van der Waals surface area contributed by atoms with E-state index in [1.165, 1.54) is 27.8 Å². The van der Waals surface area contributed by atoms with E-state index in [-0.39, 0.29) is 0 Å². The van der Waals surface area contributed by atoms with Crippen LogP contribution in [0.3, 0.4) is 0 Å². The molecule has 1 unspecified atom stereocenters. The molecule has 1 N–H and O–H groups in total. The summed E-state index contributed by atoms with van der Waals surface area (Å²) in [6.45, 7) is 6.56. The molecule has 0 heterocycles. The fraction of sp³-hybridized carbons (Fsp3) is 0.368. The van der Waals surface area contributed by atoms with Crippen LogP contribution < -0.4 is 10.1 Å². The van der Waals surface area contributed by atoms with Gasteiger partial charge in [0.2, 0.25) is 0 Å². The Morgan fingerprint density at radius 2 is 1.71 bits per heavy atom. The van der Waals surface area contributed by atoms with E-state index in [0.717, 1.165) is 12.2 Å². The van der Waals surface area contributed by atoms with Gasteiger partial charge in [0.1, 0.15) is 5.75 Å². The summed E-state index contributed by atoms with van der Waals surface area (Å²) in [4.78, 5) is 0. The Hall–Kier alpha value is -1.80. The number of ether oxygens (including phenoxy) is 1. The number of aryl methyl sites for hydroxylation is 3. The summed E-state index contributed by atoms with van der Waals surface area (Å²) >= 11 is 0. The van der Waals surface area contributed by atoms with Gasteiger partial charge in [-0.25, -0.2) is 0 Å². The normalized spacial score (nSPS) is 12.2. The van der Waals surface area contributed by atoms with Crippen LogP contribution in [-0.2, 0) is 6.42 Å². The summed E-state index contributed by atoms with van der Waals surface area (Å²) in [5.41, 5.74) is 6.77. The van der Waals surface area contributed by atoms with Gasteiger partial charge in [-0.15, -0.1) is 0 Å². The first kappa shape index (κ1) is 15.6. The standard InChI is InChI=1S/C19H25NO/c1-13-9-14(2)18(15(3)10-13)12-19(20-4)16-7-6-8-17(11-16)21-5/h6-11,19-20H,12H2,1-5H3. The largest absolute Gasteiger partial charge is 0.497 e. The average Bonchev–Trinajstić information content (AvgIpc) is 2.46. The first-order chi connectivity index (χ1) is 10.0. The van der Waals surface area contributed by atoms with E-state index in [1.807, 2.05) is 19.2 Å². The topological polar surface area (TPSA) is 21.3 Å². The van der Waals surface area contributed by atoms with Crippen LogP contribution in [0, 0.1) is 20.8 Å². The predicted octanol–water partition coefficient (Wildman–Crippen LogP) is 4.12. The Balaban J connectivity index is 2.31. The number of nitrogens with one attached hydrogen (secondary N) is 1. The molecular formula is C19H25NO. The Bertz CT molecular complexity index is 596. The second kappa shape index (κ2) is 6.77. The maximum Gasteiger partial charge on any atom is 0.119 e. The summed E-state index contributed by atoms with van der Waals surface area (Å²) < 4.78 is 5.34. The van der Waals surface area contributed by atoms with Crippen LogP contribution in [0.1, 0.15) is 33.9 Å². The van der Waals surface area contributed by atoms with E-state index in [0.29, 0.717) is 6.04 Å². The number of hydrogen-bond acceptors (Lipinski definition) is 2. The molecule has 0 aliphatic carbocycles. The first-order valence-corrected chi connectivity index (χ1v) is 7.43. The molecule has 0 radical (unpaired) electrons. The van der Waals surface area contributed by atoms with Crippen molar-refractivity contribution in [2.75, 3.05) is 14.2 Å². The number of methoxy groups -OCH3 is 1. The van der Waals surface area contributed by atoms with E-state index in [4.69, 9.17) is 4.74 Å². The fourth-order valence-corrected chi connectivity index (χ4v) is 2.98. The molecule has 21 heavy (non-hydrogen) atoms. The van der Waals surface area contributed by atoms with Gasteiger partial charge in [-0.1, -0.05) is 29.8 Å².